The number of carbonyl (C=O) groups is 2. The Labute approximate surface area is 220 Å². The number of rotatable bonds is 7. The van der Waals surface area contributed by atoms with E-state index in [2.05, 4.69) is 5.32 Å². The number of anilines is 2. The number of sulfonamides is 1. The number of hydrogen-bond acceptors (Lipinski definition) is 7. The largest absolute Gasteiger partial charge is 0.486 e. The Bertz CT molecular complexity index is 1280. The van der Waals surface area contributed by atoms with Crippen molar-refractivity contribution in [3.8, 4) is 5.75 Å². The Hall–Kier alpha value is -3.05. The molecule has 37 heavy (non-hydrogen) atoms. The van der Waals surface area contributed by atoms with Gasteiger partial charge in [0, 0.05) is 5.69 Å². The number of fused-ring (bicyclic) bond motifs is 1. The van der Waals surface area contributed by atoms with Gasteiger partial charge in [-0.2, -0.15) is 0 Å². The van der Waals surface area contributed by atoms with Gasteiger partial charge in [-0.15, -0.1) is 0 Å². The fraction of sp³-hybridized carbons (Fsp3) is 0.440. The number of esters is 1. The molecule has 2 aromatic carbocycles. The number of carbonyl (C=O) groups excluding carboxylic acids is 2. The fourth-order valence-electron chi connectivity index (χ4n) is 3.70. The lowest BCUT2D eigenvalue weighted by Gasteiger charge is -2.36. The molecular formula is C25H30ClFN2O7S. The average molecular weight is 557 g/mol. The summed E-state index contributed by atoms with van der Waals surface area (Å²) in [5.74, 6) is -1.51. The molecule has 1 amide bonds. The van der Waals surface area contributed by atoms with Crippen molar-refractivity contribution in [1.29, 1.82) is 0 Å². The quantitative estimate of drug-likeness (QED) is 0.456. The van der Waals surface area contributed by atoms with Gasteiger partial charge < -0.3 is 14.2 Å². The third-order valence-corrected chi connectivity index (χ3v) is 7.39. The molecule has 0 aliphatic carbocycles. The van der Waals surface area contributed by atoms with Gasteiger partial charge in [-0.3, -0.25) is 14.4 Å². The van der Waals surface area contributed by atoms with Crippen LogP contribution in [0.4, 0.5) is 20.6 Å². The molecule has 0 aromatic heterocycles. The molecule has 1 aliphatic heterocycles. The monoisotopic (exact) mass is 556 g/mol. The van der Waals surface area contributed by atoms with Crippen molar-refractivity contribution in [2.45, 2.75) is 57.6 Å². The second-order valence-corrected chi connectivity index (χ2v) is 11.8. The van der Waals surface area contributed by atoms with E-state index in [1.807, 2.05) is 0 Å². The normalized spacial score (nSPS) is 16.3. The summed E-state index contributed by atoms with van der Waals surface area (Å²) in [6, 6.07) is 7.61. The highest BCUT2D eigenvalue weighted by molar-refractivity contribution is 7.92. The van der Waals surface area contributed by atoms with E-state index in [1.54, 1.807) is 40.7 Å². The van der Waals surface area contributed by atoms with Crippen molar-refractivity contribution in [1.82, 2.24) is 0 Å². The van der Waals surface area contributed by atoms with Crippen molar-refractivity contribution in [3.63, 3.8) is 0 Å². The summed E-state index contributed by atoms with van der Waals surface area (Å²) >= 11 is 5.86. The SMILES string of the molecule is CCOC(=O)[C@@H](C)C[C@H]1CN(S(=O)(=O)c2ccc(F)c(Cl)c2)c2cc(NC(=O)OC(C)(C)C)ccc2O1. The van der Waals surface area contributed by atoms with Crippen LogP contribution in [0.25, 0.3) is 0 Å². The van der Waals surface area contributed by atoms with E-state index in [0.29, 0.717) is 0 Å². The first-order valence-corrected chi connectivity index (χ1v) is 13.5. The van der Waals surface area contributed by atoms with Crippen LogP contribution in [0.5, 0.6) is 5.75 Å². The molecule has 2 aromatic rings. The van der Waals surface area contributed by atoms with Gasteiger partial charge >= 0.3 is 12.1 Å². The number of hydrogen-bond donors (Lipinski definition) is 1. The highest BCUT2D eigenvalue weighted by Crippen LogP contribution is 2.40. The first-order chi connectivity index (χ1) is 17.2. The molecule has 2 atom stereocenters. The average Bonchev–Trinajstić information content (AvgIpc) is 2.79. The van der Waals surface area contributed by atoms with Crippen LogP contribution in [0.15, 0.2) is 41.3 Å². The Morgan fingerprint density at radius 1 is 1.24 bits per heavy atom. The van der Waals surface area contributed by atoms with Gasteiger partial charge in [-0.05, 0) is 70.5 Å². The Kier molecular flexibility index (Phi) is 8.59. The minimum atomic E-state index is -4.25. The molecule has 202 valence electrons. The highest BCUT2D eigenvalue weighted by atomic mass is 35.5. The molecule has 0 spiro atoms. The van der Waals surface area contributed by atoms with E-state index in [4.69, 9.17) is 25.8 Å². The van der Waals surface area contributed by atoms with Crippen LogP contribution >= 0.6 is 11.6 Å². The van der Waals surface area contributed by atoms with E-state index in [9.17, 15) is 22.4 Å². The molecule has 0 bridgehead atoms. The predicted octanol–water partition coefficient (Wildman–Crippen LogP) is 5.37. The molecule has 1 heterocycles. The van der Waals surface area contributed by atoms with E-state index in [1.165, 1.54) is 12.1 Å². The van der Waals surface area contributed by atoms with Crippen LogP contribution in [-0.2, 0) is 24.3 Å². The maximum atomic E-state index is 13.7. The molecule has 3 rings (SSSR count). The zero-order valence-corrected chi connectivity index (χ0v) is 22.8. The number of benzene rings is 2. The highest BCUT2D eigenvalue weighted by Gasteiger charge is 2.36. The smallest absolute Gasteiger partial charge is 0.412 e. The second kappa shape index (κ2) is 11.1. The third kappa shape index (κ3) is 7.04. The summed E-state index contributed by atoms with van der Waals surface area (Å²) < 4.78 is 58.6. The van der Waals surface area contributed by atoms with Crippen LogP contribution in [0.1, 0.15) is 41.0 Å². The summed E-state index contributed by atoms with van der Waals surface area (Å²) in [5.41, 5.74) is -0.317. The topological polar surface area (TPSA) is 111 Å². The maximum Gasteiger partial charge on any atom is 0.412 e. The van der Waals surface area contributed by atoms with E-state index in [-0.39, 0.29) is 46.6 Å². The lowest BCUT2D eigenvalue weighted by molar-refractivity contribution is -0.148. The number of amides is 1. The Balaban J connectivity index is 1.99. The van der Waals surface area contributed by atoms with Crippen molar-refractivity contribution >= 4 is 45.1 Å². The fourth-order valence-corrected chi connectivity index (χ4v) is 5.47. The third-order valence-electron chi connectivity index (χ3n) is 5.32. The molecule has 0 unspecified atom stereocenters. The summed E-state index contributed by atoms with van der Waals surface area (Å²) in [7, 11) is -4.25. The van der Waals surface area contributed by atoms with Crippen LogP contribution < -0.4 is 14.4 Å². The molecule has 9 nitrogen and oxygen atoms in total. The molecule has 0 saturated heterocycles. The summed E-state index contributed by atoms with van der Waals surface area (Å²) in [4.78, 5) is 24.2. The van der Waals surface area contributed by atoms with Gasteiger partial charge in [-0.1, -0.05) is 18.5 Å². The zero-order valence-electron chi connectivity index (χ0n) is 21.2. The maximum absolute atomic E-state index is 13.7. The van der Waals surface area contributed by atoms with Gasteiger partial charge in [0.1, 0.15) is 23.3 Å². The Morgan fingerprint density at radius 2 is 1.95 bits per heavy atom. The lowest BCUT2D eigenvalue weighted by atomic mass is 10.0. The number of nitrogens with zero attached hydrogens (tertiary/aromatic N) is 1. The van der Waals surface area contributed by atoms with Gasteiger partial charge in [-0.25, -0.2) is 17.6 Å². The van der Waals surface area contributed by atoms with Gasteiger partial charge in [0.2, 0.25) is 0 Å². The van der Waals surface area contributed by atoms with Gasteiger partial charge in [0.15, 0.2) is 0 Å². The number of halogens is 2. The Morgan fingerprint density at radius 3 is 2.57 bits per heavy atom. The van der Waals surface area contributed by atoms with Crippen molar-refractivity contribution in [2.75, 3.05) is 22.8 Å². The van der Waals surface area contributed by atoms with Crippen molar-refractivity contribution < 1.29 is 36.6 Å². The van der Waals surface area contributed by atoms with Gasteiger partial charge in [0.05, 0.1) is 34.7 Å². The van der Waals surface area contributed by atoms with Crippen LogP contribution in [0.3, 0.4) is 0 Å². The van der Waals surface area contributed by atoms with Crippen LogP contribution in [0.2, 0.25) is 5.02 Å². The van der Waals surface area contributed by atoms with E-state index in [0.717, 1.165) is 22.5 Å². The zero-order chi connectivity index (χ0) is 27.5. The van der Waals surface area contributed by atoms with Crippen LogP contribution in [-0.4, -0.2) is 45.3 Å². The van der Waals surface area contributed by atoms with Gasteiger partial charge in [0.25, 0.3) is 10.0 Å². The standard InChI is InChI=1S/C25H30ClFN2O7S/c1-6-34-23(30)15(2)11-17-14-29(37(32,33)18-8-9-20(27)19(26)13-18)21-12-16(7-10-22(21)35-17)28-24(31)36-25(3,4)5/h7-10,12-13,15,17H,6,11,14H2,1-5H3,(H,28,31)/t15-,17-/m0/s1. The lowest BCUT2D eigenvalue weighted by Crippen LogP contribution is -2.44. The second-order valence-electron chi connectivity index (χ2n) is 9.55. The summed E-state index contributed by atoms with van der Waals surface area (Å²) in [5, 5.41) is 2.23. The van der Waals surface area contributed by atoms with Crippen LogP contribution in [0, 0.1) is 11.7 Å². The minimum Gasteiger partial charge on any atom is -0.486 e. The first-order valence-electron chi connectivity index (χ1n) is 11.7. The molecule has 0 saturated carbocycles. The van der Waals surface area contributed by atoms with Crippen molar-refractivity contribution in [2.24, 2.45) is 5.92 Å². The molecular weight excluding hydrogens is 527 g/mol. The first kappa shape index (κ1) is 28.5. The number of nitrogens with one attached hydrogen (secondary N) is 1. The van der Waals surface area contributed by atoms with E-state index >= 15 is 0 Å². The summed E-state index contributed by atoms with van der Waals surface area (Å²) in [6.45, 7) is 8.58. The number of ether oxygens (including phenoxy) is 3. The molecule has 1 aliphatic rings. The molecule has 0 radical (unpaired) electrons. The van der Waals surface area contributed by atoms with Crippen molar-refractivity contribution in [3.05, 3.63) is 47.2 Å². The predicted molar refractivity (Wildman–Crippen MR) is 137 cm³/mol. The summed E-state index contributed by atoms with van der Waals surface area (Å²) in [6.07, 6.45) is -1.22. The van der Waals surface area contributed by atoms with E-state index < -0.39 is 45.5 Å². The molecule has 0 fully saturated rings. The molecule has 12 heteroatoms. The minimum absolute atomic E-state index is 0.147. The molecule has 1 N–H and O–H groups in total.